The van der Waals surface area contributed by atoms with Gasteiger partial charge in [0.2, 0.25) is 0 Å². The summed E-state index contributed by atoms with van der Waals surface area (Å²) in [4.78, 5) is 0. The van der Waals surface area contributed by atoms with Crippen molar-refractivity contribution >= 4 is 0 Å². The molecule has 0 spiro atoms. The molecule has 0 heteroatoms. The molecule has 6 rings (SSSR count). The van der Waals surface area contributed by atoms with Gasteiger partial charge in [-0.25, -0.2) is 0 Å². The van der Waals surface area contributed by atoms with Gasteiger partial charge in [0.25, 0.3) is 0 Å². The molecule has 6 fully saturated rings. The van der Waals surface area contributed by atoms with Crippen molar-refractivity contribution in [3.05, 3.63) is 0 Å². The molecule has 0 aromatic carbocycles. The molecule has 6 aliphatic carbocycles. The molecule has 14 atom stereocenters. The molecule has 0 heterocycles. The summed E-state index contributed by atoms with van der Waals surface area (Å²) in [6, 6.07) is 0. The Balaban J connectivity index is 1.77. The maximum Gasteiger partial charge on any atom is -0.0131 e. The average Bonchev–Trinajstić information content (AvgIpc) is 2.92. The first-order valence-electron chi connectivity index (χ1n) is 16.2. The second-order valence-electron chi connectivity index (χ2n) is 19.3. The molecule has 0 saturated heterocycles. The molecule has 0 N–H and O–H groups in total. The molecule has 0 radical (unpaired) electrons. The largest absolute Gasteiger partial charge is 0.0622 e. The van der Waals surface area contributed by atoms with E-state index in [1.165, 1.54) is 0 Å². The first kappa shape index (κ1) is 27.2. The molecule has 0 aromatic rings. The summed E-state index contributed by atoms with van der Waals surface area (Å²) in [5, 5.41) is 0. The van der Waals surface area contributed by atoms with Crippen LogP contribution in [0.3, 0.4) is 0 Å². The van der Waals surface area contributed by atoms with E-state index in [1.54, 1.807) is 0 Å². The number of fused-ring (bicyclic) bond motifs is 12. The van der Waals surface area contributed by atoms with Crippen molar-refractivity contribution < 1.29 is 0 Å². The standard InChI is InChI=1S/C37H64/c1-21(2)26(9)25(7,8)30(13)27(10,22(3)4)32(15)35(18,31(26,30)14)37(20)34(17)29(12)24(6)23(5)28(29,11)33(34,16)36(32,37)19/h21-24H,1-20H3. The van der Waals surface area contributed by atoms with Crippen molar-refractivity contribution in [3.63, 3.8) is 0 Å². The summed E-state index contributed by atoms with van der Waals surface area (Å²) < 4.78 is 0. The van der Waals surface area contributed by atoms with Crippen LogP contribution in [0.5, 0.6) is 0 Å². The smallest absolute Gasteiger partial charge is 0.0131 e. The summed E-state index contributed by atoms with van der Waals surface area (Å²) >= 11 is 0. The van der Waals surface area contributed by atoms with Crippen LogP contribution < -0.4 is 0 Å². The van der Waals surface area contributed by atoms with Crippen LogP contribution in [-0.2, 0) is 0 Å². The molecule has 37 heavy (non-hydrogen) atoms. The van der Waals surface area contributed by atoms with Crippen LogP contribution in [-0.4, -0.2) is 0 Å². The molecule has 6 saturated carbocycles. The minimum Gasteiger partial charge on any atom is -0.0622 e. The molecular weight excluding hydrogens is 444 g/mol. The topological polar surface area (TPSA) is 0 Å². The van der Waals surface area contributed by atoms with Crippen LogP contribution in [0.4, 0.5) is 0 Å². The van der Waals surface area contributed by atoms with Crippen molar-refractivity contribution in [2.75, 3.05) is 0 Å². The quantitative estimate of drug-likeness (QED) is 0.325. The lowest BCUT2D eigenvalue weighted by Gasteiger charge is -3.12. The lowest BCUT2D eigenvalue weighted by atomic mass is 8.91. The third-order valence-electron chi connectivity index (χ3n) is 22.7. The lowest BCUT2D eigenvalue weighted by molar-refractivity contribution is -0.662. The highest BCUT2D eigenvalue weighted by molar-refractivity contribution is 5.62. The van der Waals surface area contributed by atoms with Gasteiger partial charge in [-0.3, -0.25) is 0 Å². The van der Waals surface area contributed by atoms with Gasteiger partial charge in [-0.2, -0.15) is 0 Å². The Morgan fingerprint density at radius 3 is 0.946 bits per heavy atom. The first-order valence-corrected chi connectivity index (χ1v) is 16.2. The predicted molar refractivity (Wildman–Crippen MR) is 159 cm³/mol. The molecule has 0 aliphatic heterocycles. The summed E-state index contributed by atoms with van der Waals surface area (Å²) in [6.07, 6.45) is 0. The molecule has 0 bridgehead atoms. The van der Waals surface area contributed by atoms with Crippen molar-refractivity contribution in [2.24, 2.45) is 94.1 Å². The van der Waals surface area contributed by atoms with E-state index in [0.29, 0.717) is 44.3 Å². The highest BCUT2D eigenvalue weighted by Crippen LogP contribution is 3.19. The lowest BCUT2D eigenvalue weighted by Crippen LogP contribution is -3.09. The Morgan fingerprint density at radius 1 is 0.351 bits per heavy atom. The van der Waals surface area contributed by atoms with Crippen molar-refractivity contribution in [3.8, 4) is 0 Å². The zero-order valence-electron chi connectivity index (χ0n) is 28.8. The SMILES string of the molecule is CC(C)C1(C)C(C)(C)C2(C)C(C)(C(C)C)C3(C)C(C)(C12C)C1(C)C2(C)C4(C)C(C)C(C)C4(C)C2(C)C31C. The van der Waals surface area contributed by atoms with E-state index in [4.69, 9.17) is 0 Å². The van der Waals surface area contributed by atoms with E-state index in [0.717, 1.165) is 11.8 Å². The van der Waals surface area contributed by atoms with Gasteiger partial charge < -0.3 is 0 Å². The summed E-state index contributed by atoms with van der Waals surface area (Å²) in [5.74, 6) is 2.92. The minimum absolute atomic E-state index is 0.251. The molecule has 212 valence electrons. The Hall–Kier alpha value is 0. The first-order chi connectivity index (χ1) is 16.2. The van der Waals surface area contributed by atoms with Crippen LogP contribution in [0.2, 0.25) is 0 Å². The van der Waals surface area contributed by atoms with E-state index >= 15 is 0 Å². The van der Waals surface area contributed by atoms with E-state index in [-0.39, 0.29) is 37.9 Å². The third-order valence-corrected chi connectivity index (χ3v) is 22.7. The third kappa shape index (κ3) is 1.27. The van der Waals surface area contributed by atoms with Gasteiger partial charge >= 0.3 is 0 Å². The maximum absolute atomic E-state index is 2.87. The summed E-state index contributed by atoms with van der Waals surface area (Å²) in [7, 11) is 0. The molecule has 0 nitrogen and oxygen atoms in total. The van der Waals surface area contributed by atoms with Gasteiger partial charge in [-0.05, 0) is 94.1 Å². The zero-order chi connectivity index (χ0) is 28.8. The van der Waals surface area contributed by atoms with Crippen LogP contribution in [0, 0.1) is 94.1 Å². The van der Waals surface area contributed by atoms with E-state index in [1.807, 2.05) is 0 Å². The highest BCUT2D eigenvalue weighted by atomic mass is 15.2. The molecule has 14 unspecified atom stereocenters. The highest BCUT2D eigenvalue weighted by Gasteiger charge is 3.16. The Morgan fingerprint density at radius 2 is 0.622 bits per heavy atom. The van der Waals surface area contributed by atoms with Crippen molar-refractivity contribution in [1.29, 1.82) is 0 Å². The van der Waals surface area contributed by atoms with Gasteiger partial charge in [0.05, 0.1) is 0 Å². The second-order valence-corrected chi connectivity index (χ2v) is 19.3. The Labute approximate surface area is 232 Å². The maximum atomic E-state index is 2.87. The van der Waals surface area contributed by atoms with Gasteiger partial charge in [0, 0.05) is 0 Å². The van der Waals surface area contributed by atoms with Gasteiger partial charge in [-0.15, -0.1) is 0 Å². The number of hydrogen-bond donors (Lipinski definition) is 0. The van der Waals surface area contributed by atoms with Crippen molar-refractivity contribution in [2.45, 2.75) is 138 Å². The normalized spacial score (nSPS) is 73.8. The Bertz CT molecular complexity index is 1160. The van der Waals surface area contributed by atoms with Crippen molar-refractivity contribution in [1.82, 2.24) is 0 Å². The zero-order valence-corrected chi connectivity index (χ0v) is 28.8. The summed E-state index contributed by atoms with van der Waals surface area (Å²) in [6.45, 7) is 54.6. The molecular formula is C37H64. The van der Waals surface area contributed by atoms with E-state index in [9.17, 15) is 0 Å². The fourth-order valence-corrected chi connectivity index (χ4v) is 20.1. The van der Waals surface area contributed by atoms with Gasteiger partial charge in [0.15, 0.2) is 0 Å². The van der Waals surface area contributed by atoms with Crippen LogP contribution in [0.1, 0.15) is 138 Å². The second kappa shape index (κ2) is 5.44. The summed E-state index contributed by atoms with van der Waals surface area (Å²) in [5.41, 5.74) is 4.06. The number of rotatable bonds is 2. The van der Waals surface area contributed by atoms with E-state index in [2.05, 4.69) is 138 Å². The van der Waals surface area contributed by atoms with Crippen LogP contribution >= 0.6 is 0 Å². The fourth-order valence-electron chi connectivity index (χ4n) is 20.1. The number of hydrogen-bond acceptors (Lipinski definition) is 0. The van der Waals surface area contributed by atoms with Gasteiger partial charge in [-0.1, -0.05) is 138 Å². The van der Waals surface area contributed by atoms with Gasteiger partial charge in [0.1, 0.15) is 0 Å². The molecule has 0 amide bonds. The molecule has 0 aromatic heterocycles. The van der Waals surface area contributed by atoms with E-state index < -0.39 is 0 Å². The average molecular weight is 509 g/mol. The Kier molecular flexibility index (Phi) is 4.00. The van der Waals surface area contributed by atoms with Crippen LogP contribution in [0.15, 0.2) is 0 Å². The minimum atomic E-state index is 0.251. The van der Waals surface area contributed by atoms with Crippen LogP contribution in [0.25, 0.3) is 0 Å². The molecule has 6 aliphatic rings. The monoisotopic (exact) mass is 509 g/mol. The predicted octanol–water partition coefficient (Wildman–Crippen LogP) is 10.8. The fraction of sp³-hybridized carbons (Fsp3) is 1.00.